The fourth-order valence-electron chi connectivity index (χ4n) is 3.73. The second-order valence-electron chi connectivity index (χ2n) is 6.94. The summed E-state index contributed by atoms with van der Waals surface area (Å²) >= 11 is 0. The van der Waals surface area contributed by atoms with Gasteiger partial charge in [0.05, 0.1) is 12.8 Å². The highest BCUT2D eigenvalue weighted by Gasteiger charge is 2.61. The monoisotopic (exact) mass is 423 g/mol. The van der Waals surface area contributed by atoms with E-state index >= 15 is 0 Å². The number of imide groups is 1. The number of halogens is 1. The maximum absolute atomic E-state index is 13.9. The van der Waals surface area contributed by atoms with Crippen molar-refractivity contribution in [3.05, 3.63) is 59.7 Å². The Balaban J connectivity index is 1.49. The van der Waals surface area contributed by atoms with Crippen molar-refractivity contribution >= 4 is 23.5 Å². The van der Waals surface area contributed by atoms with Gasteiger partial charge in [0, 0.05) is 11.1 Å². The molecule has 2 aromatic carbocycles. The van der Waals surface area contributed by atoms with Crippen LogP contribution < -0.4 is 20.3 Å². The maximum atomic E-state index is 13.9. The van der Waals surface area contributed by atoms with E-state index in [2.05, 4.69) is 15.5 Å². The summed E-state index contributed by atoms with van der Waals surface area (Å²) in [6.07, 6.45) is 0. The molecule has 1 fully saturated rings. The number of benzene rings is 2. The molecule has 4 amide bonds. The number of urea groups is 1. The van der Waals surface area contributed by atoms with E-state index < -0.39 is 29.2 Å². The molecule has 3 aromatic rings. The number of carbonyl (C=O) groups is 3. The molecule has 1 unspecified atom stereocenters. The summed E-state index contributed by atoms with van der Waals surface area (Å²) in [5.41, 5.74) is -1.09. The lowest BCUT2D eigenvalue weighted by Gasteiger charge is -2.20. The summed E-state index contributed by atoms with van der Waals surface area (Å²) in [6, 6.07) is 9.67. The third kappa shape index (κ3) is 2.74. The highest BCUT2D eigenvalue weighted by atomic mass is 19.1. The quantitative estimate of drug-likeness (QED) is 0.481. The van der Waals surface area contributed by atoms with E-state index in [1.54, 1.807) is 31.4 Å². The first kappa shape index (κ1) is 18.7. The first-order valence-corrected chi connectivity index (χ1v) is 9.15. The molecule has 2 N–H and O–H groups in total. The van der Waals surface area contributed by atoms with Crippen LogP contribution >= 0.6 is 0 Å². The van der Waals surface area contributed by atoms with Crippen LogP contribution in [0.4, 0.5) is 14.9 Å². The number of ether oxygens (including phenoxy) is 1. The molecule has 2 aliphatic heterocycles. The summed E-state index contributed by atoms with van der Waals surface area (Å²) in [5, 5.41) is 12.3. The Hall–Kier alpha value is -4.28. The third-order valence-electron chi connectivity index (χ3n) is 5.19. The molecule has 5 rings (SSSR count). The van der Waals surface area contributed by atoms with Crippen LogP contribution in [0.15, 0.2) is 46.9 Å². The van der Waals surface area contributed by atoms with Crippen LogP contribution in [-0.2, 0) is 21.7 Å². The lowest BCUT2D eigenvalue weighted by atomic mass is 9.91. The Morgan fingerprint density at radius 1 is 1.13 bits per heavy atom. The van der Waals surface area contributed by atoms with Crippen molar-refractivity contribution in [3.63, 3.8) is 0 Å². The molecule has 31 heavy (non-hydrogen) atoms. The summed E-state index contributed by atoms with van der Waals surface area (Å²) in [6.45, 7) is -0.175. The predicted molar refractivity (Wildman–Crippen MR) is 102 cm³/mol. The predicted octanol–water partition coefficient (Wildman–Crippen LogP) is 1.47. The van der Waals surface area contributed by atoms with E-state index in [9.17, 15) is 18.8 Å². The maximum Gasteiger partial charge on any atom is 0.323 e. The van der Waals surface area contributed by atoms with Crippen molar-refractivity contribution in [2.24, 2.45) is 0 Å². The number of methoxy groups -OCH3 is 1. The van der Waals surface area contributed by atoms with Gasteiger partial charge in [0.25, 0.3) is 11.8 Å². The van der Waals surface area contributed by atoms with Gasteiger partial charge in [-0.25, -0.2) is 9.18 Å². The van der Waals surface area contributed by atoms with Gasteiger partial charge in [0.15, 0.2) is 0 Å². The van der Waals surface area contributed by atoms with Crippen LogP contribution in [0.5, 0.6) is 5.75 Å². The van der Waals surface area contributed by atoms with Crippen LogP contribution in [0.25, 0.3) is 11.5 Å². The van der Waals surface area contributed by atoms with E-state index in [-0.39, 0.29) is 29.6 Å². The number of fused-ring (bicyclic) bond motifs is 2. The molecule has 1 atom stereocenters. The largest absolute Gasteiger partial charge is 0.497 e. The Labute approximate surface area is 174 Å². The molecule has 2 aliphatic rings. The number of carbonyl (C=O) groups excluding carboxylic acids is 3. The van der Waals surface area contributed by atoms with Gasteiger partial charge < -0.3 is 14.5 Å². The van der Waals surface area contributed by atoms with Crippen molar-refractivity contribution in [1.82, 2.24) is 20.8 Å². The Morgan fingerprint density at radius 3 is 2.58 bits per heavy atom. The normalized spacial score (nSPS) is 19.5. The number of nitrogens with one attached hydrogen (secondary N) is 2. The van der Waals surface area contributed by atoms with Gasteiger partial charge in [-0.3, -0.25) is 19.8 Å². The lowest BCUT2D eigenvalue weighted by Crippen LogP contribution is -2.52. The standard InChI is InChI=1S/C20H14FN5O5/c1-30-12-5-2-10(3-6-12)16-25-24-15(31-16)9-26-14-7-4-11(21)8-13(14)20(18(26)28)17(27)22-19(29)23-20/h2-8H,9H2,1H3,(H2,22,23,27,29). The molecular formula is C20H14FN5O5. The smallest absolute Gasteiger partial charge is 0.323 e. The zero-order valence-electron chi connectivity index (χ0n) is 16.0. The first-order valence-electron chi connectivity index (χ1n) is 9.15. The van der Waals surface area contributed by atoms with E-state index in [4.69, 9.17) is 9.15 Å². The summed E-state index contributed by atoms with van der Waals surface area (Å²) in [4.78, 5) is 38.7. The molecule has 1 saturated heterocycles. The Kier molecular flexibility index (Phi) is 4.00. The summed E-state index contributed by atoms with van der Waals surface area (Å²) in [5.74, 6) is -1.29. The number of rotatable bonds is 4. The minimum Gasteiger partial charge on any atom is -0.497 e. The number of anilines is 1. The number of amides is 4. The number of hydrogen-bond donors (Lipinski definition) is 2. The van der Waals surface area contributed by atoms with Crippen molar-refractivity contribution < 1.29 is 27.9 Å². The van der Waals surface area contributed by atoms with Crippen molar-refractivity contribution in [2.45, 2.75) is 12.1 Å². The number of nitrogens with zero attached hydrogens (tertiary/aromatic N) is 3. The summed E-state index contributed by atoms with van der Waals surface area (Å²) in [7, 11) is 1.55. The zero-order valence-corrected chi connectivity index (χ0v) is 16.0. The van der Waals surface area contributed by atoms with Gasteiger partial charge in [0.2, 0.25) is 17.3 Å². The topological polar surface area (TPSA) is 127 Å². The van der Waals surface area contributed by atoms with Crippen molar-refractivity contribution in [1.29, 1.82) is 0 Å². The van der Waals surface area contributed by atoms with E-state index in [0.717, 1.165) is 12.1 Å². The average Bonchev–Trinajstić information content (AvgIpc) is 3.41. The first-order chi connectivity index (χ1) is 14.9. The molecular weight excluding hydrogens is 409 g/mol. The van der Waals surface area contributed by atoms with Gasteiger partial charge in [0.1, 0.15) is 18.1 Å². The van der Waals surface area contributed by atoms with Crippen LogP contribution in [-0.4, -0.2) is 35.2 Å². The van der Waals surface area contributed by atoms with Gasteiger partial charge in [-0.05, 0) is 42.5 Å². The van der Waals surface area contributed by atoms with Crippen LogP contribution in [0, 0.1) is 5.82 Å². The molecule has 3 heterocycles. The molecule has 0 aliphatic carbocycles. The molecule has 1 aromatic heterocycles. The number of hydrogen-bond acceptors (Lipinski definition) is 7. The average molecular weight is 423 g/mol. The third-order valence-corrected chi connectivity index (χ3v) is 5.19. The molecule has 11 heteroatoms. The summed E-state index contributed by atoms with van der Waals surface area (Å²) < 4.78 is 24.7. The molecule has 1 spiro atoms. The van der Waals surface area contributed by atoms with Crippen LogP contribution in [0.2, 0.25) is 0 Å². The van der Waals surface area contributed by atoms with Crippen molar-refractivity contribution in [2.75, 3.05) is 12.0 Å². The van der Waals surface area contributed by atoms with E-state index in [1.807, 2.05) is 5.32 Å². The van der Waals surface area contributed by atoms with E-state index in [0.29, 0.717) is 11.3 Å². The van der Waals surface area contributed by atoms with Gasteiger partial charge in [-0.2, -0.15) is 0 Å². The Morgan fingerprint density at radius 2 is 1.90 bits per heavy atom. The molecule has 0 radical (unpaired) electrons. The zero-order chi connectivity index (χ0) is 21.8. The van der Waals surface area contributed by atoms with Gasteiger partial charge >= 0.3 is 6.03 Å². The van der Waals surface area contributed by atoms with Crippen LogP contribution in [0.1, 0.15) is 11.5 Å². The number of aromatic nitrogens is 2. The fraction of sp³-hybridized carbons (Fsp3) is 0.150. The van der Waals surface area contributed by atoms with Crippen molar-refractivity contribution in [3.8, 4) is 17.2 Å². The highest BCUT2D eigenvalue weighted by molar-refractivity contribution is 6.27. The molecule has 0 bridgehead atoms. The minimum absolute atomic E-state index is 0.0377. The fourth-order valence-corrected chi connectivity index (χ4v) is 3.73. The van der Waals surface area contributed by atoms with E-state index in [1.165, 1.54) is 11.0 Å². The molecule has 156 valence electrons. The SMILES string of the molecule is COc1ccc(-c2nnc(CN3C(=O)C4(NC(=O)NC4=O)c4cc(F)ccc43)o2)cc1. The minimum atomic E-state index is -2.03. The van der Waals surface area contributed by atoms with Gasteiger partial charge in [-0.15, -0.1) is 10.2 Å². The van der Waals surface area contributed by atoms with Gasteiger partial charge in [-0.1, -0.05) is 0 Å². The highest BCUT2D eigenvalue weighted by Crippen LogP contribution is 2.43. The van der Waals surface area contributed by atoms with Crippen LogP contribution in [0.3, 0.4) is 0 Å². The second-order valence-corrected chi connectivity index (χ2v) is 6.94. The lowest BCUT2D eigenvalue weighted by molar-refractivity contribution is -0.134. The molecule has 0 saturated carbocycles. The Bertz CT molecular complexity index is 1240. The second kappa shape index (κ2) is 6.62. The molecule has 10 nitrogen and oxygen atoms in total.